The average Bonchev–Trinajstić information content (AvgIpc) is 3.06. The van der Waals surface area contributed by atoms with E-state index in [0.29, 0.717) is 52.7 Å². The third kappa shape index (κ3) is 9.89. The molecule has 2 aromatic rings. The van der Waals surface area contributed by atoms with Gasteiger partial charge in [0, 0.05) is 73.2 Å². The number of carbonyl (C=O) groups is 1. The minimum Gasteiger partial charge on any atom is -0.490 e. The zero-order chi connectivity index (χ0) is 31.1. The monoisotopic (exact) mass is 613 g/mol. The molecule has 0 radical (unpaired) electrons. The van der Waals surface area contributed by atoms with E-state index in [2.05, 4.69) is 46.6 Å². The van der Waals surface area contributed by atoms with Gasteiger partial charge in [-0.05, 0) is 48.6 Å². The average molecular weight is 614 g/mol. The summed E-state index contributed by atoms with van der Waals surface area (Å²) in [5.74, 6) is 0.841. The Morgan fingerprint density at radius 1 is 0.955 bits per heavy atom. The maximum Gasteiger partial charge on any atom is 0.248 e. The van der Waals surface area contributed by atoms with Crippen LogP contribution in [-0.2, 0) is 41.7 Å². The van der Waals surface area contributed by atoms with E-state index in [9.17, 15) is 4.79 Å². The fourth-order valence-electron chi connectivity index (χ4n) is 5.66. The smallest absolute Gasteiger partial charge is 0.248 e. The number of rotatable bonds is 18. The summed E-state index contributed by atoms with van der Waals surface area (Å²) in [4.78, 5) is 16.6. The third-order valence-corrected chi connectivity index (χ3v) is 8.31. The molecule has 2 heterocycles. The highest BCUT2D eigenvalue weighted by Crippen LogP contribution is 2.34. The molecule has 10 nitrogen and oxygen atoms in total. The molecule has 0 spiro atoms. The standard InChI is InChI=1S/C34H51N3O7/c1-5-36(2)33(38)25-44-32-22-35-21-31(34(32)28-11-8-26(9-12-28)23-41-18-7-17-40-4)43-24-27-10-13-30-29(20-27)37(15-19-42-30)14-6-16-39-3/h8-13,20,31-32,34-35H,5-7,14-19,21-25H2,1-4H3/t31-,32+,34+/m0/s1. The van der Waals surface area contributed by atoms with Crippen molar-refractivity contribution in [3.05, 3.63) is 59.2 Å². The van der Waals surface area contributed by atoms with Crippen LogP contribution in [0.25, 0.3) is 0 Å². The van der Waals surface area contributed by atoms with Gasteiger partial charge in [0.25, 0.3) is 0 Å². The van der Waals surface area contributed by atoms with E-state index in [4.69, 9.17) is 28.4 Å². The van der Waals surface area contributed by atoms with Gasteiger partial charge in [0.1, 0.15) is 19.0 Å². The van der Waals surface area contributed by atoms with E-state index in [0.717, 1.165) is 60.7 Å². The van der Waals surface area contributed by atoms with Crippen LogP contribution in [0.1, 0.15) is 42.4 Å². The Morgan fingerprint density at radius 3 is 2.43 bits per heavy atom. The van der Waals surface area contributed by atoms with Crippen LogP contribution in [0.5, 0.6) is 5.75 Å². The second-order valence-corrected chi connectivity index (χ2v) is 11.4. The zero-order valence-corrected chi connectivity index (χ0v) is 26.9. The number of hydrogen-bond acceptors (Lipinski definition) is 9. The number of nitrogens with zero attached hydrogens (tertiary/aromatic N) is 2. The van der Waals surface area contributed by atoms with Crippen LogP contribution >= 0.6 is 0 Å². The molecular formula is C34H51N3O7. The van der Waals surface area contributed by atoms with Gasteiger partial charge in [-0.15, -0.1) is 0 Å². The highest BCUT2D eigenvalue weighted by molar-refractivity contribution is 5.77. The summed E-state index contributed by atoms with van der Waals surface area (Å²) >= 11 is 0. The number of ether oxygens (including phenoxy) is 6. The molecule has 2 aliphatic heterocycles. The second kappa shape index (κ2) is 18.3. The van der Waals surface area contributed by atoms with Crippen molar-refractivity contribution in [1.82, 2.24) is 10.2 Å². The summed E-state index contributed by atoms with van der Waals surface area (Å²) < 4.78 is 35.0. The minimum absolute atomic E-state index is 0.0263. The zero-order valence-electron chi connectivity index (χ0n) is 26.9. The minimum atomic E-state index is -0.215. The number of likely N-dealkylation sites (N-methyl/N-ethyl adjacent to an activating group) is 1. The summed E-state index contributed by atoms with van der Waals surface area (Å²) in [5.41, 5.74) is 4.44. The molecule has 0 bridgehead atoms. The first-order chi connectivity index (χ1) is 21.5. The van der Waals surface area contributed by atoms with E-state index in [1.54, 1.807) is 26.2 Å². The lowest BCUT2D eigenvalue weighted by molar-refractivity contribution is -0.139. The van der Waals surface area contributed by atoms with Crippen molar-refractivity contribution in [2.75, 3.05) is 91.9 Å². The van der Waals surface area contributed by atoms with Gasteiger partial charge in [-0.25, -0.2) is 0 Å². The van der Waals surface area contributed by atoms with Crippen molar-refractivity contribution < 1.29 is 33.2 Å². The molecule has 244 valence electrons. The molecule has 3 atom stereocenters. The van der Waals surface area contributed by atoms with E-state index in [1.165, 1.54) is 0 Å². The molecule has 0 aliphatic carbocycles. The molecule has 0 aromatic heterocycles. The lowest BCUT2D eigenvalue weighted by Crippen LogP contribution is -2.51. The lowest BCUT2D eigenvalue weighted by Gasteiger charge is -2.39. The molecular weight excluding hydrogens is 562 g/mol. The Labute approximate surface area is 262 Å². The quantitative estimate of drug-likeness (QED) is 0.253. The van der Waals surface area contributed by atoms with Gasteiger partial charge in [0.2, 0.25) is 5.91 Å². The van der Waals surface area contributed by atoms with Gasteiger partial charge in [-0.3, -0.25) is 4.79 Å². The first-order valence-corrected chi connectivity index (χ1v) is 15.9. The molecule has 1 N–H and O–H groups in total. The van der Waals surface area contributed by atoms with E-state index >= 15 is 0 Å². The fourth-order valence-corrected chi connectivity index (χ4v) is 5.66. The fraction of sp³-hybridized carbons (Fsp3) is 0.618. The number of carbonyl (C=O) groups excluding carboxylic acids is 1. The first kappa shape index (κ1) is 34.1. The van der Waals surface area contributed by atoms with Crippen LogP contribution in [0.15, 0.2) is 42.5 Å². The third-order valence-electron chi connectivity index (χ3n) is 8.31. The molecule has 2 aromatic carbocycles. The highest BCUT2D eigenvalue weighted by Gasteiger charge is 2.36. The van der Waals surface area contributed by atoms with Crippen molar-refractivity contribution in [3.63, 3.8) is 0 Å². The molecule has 44 heavy (non-hydrogen) atoms. The Hall–Kier alpha value is -2.73. The Balaban J connectivity index is 1.46. The summed E-state index contributed by atoms with van der Waals surface area (Å²) in [6.45, 7) is 9.53. The molecule has 0 unspecified atom stereocenters. The number of piperidine rings is 1. The SMILES string of the molecule is CCN(C)C(=O)CO[C@@H]1CNC[C@H](OCc2ccc3c(c2)N(CCCOC)CCO3)[C@H]1c1ccc(COCCCOC)cc1. The Bertz CT molecular complexity index is 1130. The molecule has 10 heteroatoms. The van der Waals surface area contributed by atoms with Crippen molar-refractivity contribution in [3.8, 4) is 5.75 Å². The molecule has 0 saturated carbocycles. The van der Waals surface area contributed by atoms with Crippen LogP contribution < -0.4 is 15.0 Å². The number of nitrogens with one attached hydrogen (secondary N) is 1. The second-order valence-electron chi connectivity index (χ2n) is 11.4. The Morgan fingerprint density at radius 2 is 1.68 bits per heavy atom. The highest BCUT2D eigenvalue weighted by atomic mass is 16.5. The van der Waals surface area contributed by atoms with Gasteiger partial charge in [0.05, 0.1) is 37.7 Å². The van der Waals surface area contributed by atoms with Crippen molar-refractivity contribution in [1.29, 1.82) is 0 Å². The summed E-state index contributed by atoms with van der Waals surface area (Å²) in [7, 11) is 5.24. The topological polar surface area (TPSA) is 91.0 Å². The van der Waals surface area contributed by atoms with Gasteiger partial charge in [-0.1, -0.05) is 30.3 Å². The number of fused-ring (bicyclic) bond motifs is 1. The summed E-state index contributed by atoms with van der Waals surface area (Å²) in [6.07, 6.45) is 1.47. The van der Waals surface area contributed by atoms with Crippen LogP contribution in [0.4, 0.5) is 5.69 Å². The molecule has 1 fully saturated rings. The summed E-state index contributed by atoms with van der Waals surface area (Å²) in [6, 6.07) is 14.8. The van der Waals surface area contributed by atoms with Gasteiger partial charge in [-0.2, -0.15) is 0 Å². The molecule has 2 aliphatic rings. The van der Waals surface area contributed by atoms with Gasteiger partial charge in [0.15, 0.2) is 0 Å². The van der Waals surface area contributed by atoms with E-state index < -0.39 is 0 Å². The number of benzene rings is 2. The van der Waals surface area contributed by atoms with Crippen LogP contribution in [0, 0.1) is 0 Å². The lowest BCUT2D eigenvalue weighted by atomic mass is 9.85. The van der Waals surface area contributed by atoms with E-state index in [1.807, 2.05) is 13.0 Å². The maximum atomic E-state index is 12.6. The maximum absolute atomic E-state index is 12.6. The van der Waals surface area contributed by atoms with Crippen molar-refractivity contribution in [2.24, 2.45) is 0 Å². The van der Waals surface area contributed by atoms with Gasteiger partial charge < -0.3 is 43.5 Å². The van der Waals surface area contributed by atoms with Crippen LogP contribution in [-0.4, -0.2) is 110 Å². The predicted octanol–water partition coefficient (Wildman–Crippen LogP) is 3.61. The van der Waals surface area contributed by atoms with Crippen molar-refractivity contribution >= 4 is 11.6 Å². The number of methoxy groups -OCH3 is 2. The molecule has 1 amide bonds. The van der Waals surface area contributed by atoms with Crippen LogP contribution in [0.3, 0.4) is 0 Å². The summed E-state index contributed by atoms with van der Waals surface area (Å²) in [5, 5.41) is 3.48. The van der Waals surface area contributed by atoms with Gasteiger partial charge >= 0.3 is 0 Å². The first-order valence-electron chi connectivity index (χ1n) is 15.9. The predicted molar refractivity (Wildman–Crippen MR) is 170 cm³/mol. The molecule has 1 saturated heterocycles. The number of anilines is 1. The van der Waals surface area contributed by atoms with E-state index in [-0.39, 0.29) is 30.6 Å². The molecule has 4 rings (SSSR count). The van der Waals surface area contributed by atoms with Crippen molar-refractivity contribution in [2.45, 2.75) is 51.1 Å². The van der Waals surface area contributed by atoms with Crippen LogP contribution in [0.2, 0.25) is 0 Å². The normalized spacial score (nSPS) is 19.8. The number of amides is 1. The largest absolute Gasteiger partial charge is 0.490 e. The number of hydrogen-bond donors (Lipinski definition) is 1. The Kier molecular flexibility index (Phi) is 14.2.